The Hall–Kier alpha value is -2.19. The first-order valence-electron chi connectivity index (χ1n) is 14.1. The molecule has 3 aliphatic rings. The first kappa shape index (κ1) is 29.4. The molecule has 2 amide bonds. The molecule has 3 rings (SSSR count). The normalized spacial score (nSPS) is 29.9. The highest BCUT2D eigenvalue weighted by Gasteiger charge is 2.78. The molecule has 37 heavy (non-hydrogen) atoms. The van der Waals surface area contributed by atoms with Crippen molar-refractivity contribution in [1.29, 1.82) is 0 Å². The van der Waals surface area contributed by atoms with Crippen LogP contribution in [0.1, 0.15) is 78.1 Å². The number of unbranched alkanes of at least 4 members (excludes halogenated alkanes) is 5. The fourth-order valence-electron chi connectivity index (χ4n) is 6.56. The number of rotatable bonds is 17. The number of aliphatic hydroxyl groups is 1. The van der Waals surface area contributed by atoms with Crippen molar-refractivity contribution in [2.75, 3.05) is 32.8 Å². The highest BCUT2D eigenvalue weighted by atomic mass is 16.6. The summed E-state index contributed by atoms with van der Waals surface area (Å²) in [4.78, 5) is 45.0. The molecule has 0 aromatic carbocycles. The smallest absolute Gasteiger partial charge is 0.312 e. The Morgan fingerprint density at radius 3 is 2.59 bits per heavy atom. The number of nitrogens with zero attached hydrogens (tertiary/aromatic N) is 2. The van der Waals surface area contributed by atoms with E-state index in [-0.39, 0.29) is 25.0 Å². The molecule has 208 valence electrons. The average Bonchev–Trinajstić information content (AvgIpc) is 3.44. The lowest BCUT2D eigenvalue weighted by molar-refractivity contribution is -0.160. The van der Waals surface area contributed by atoms with Gasteiger partial charge in [-0.1, -0.05) is 44.8 Å². The summed E-state index contributed by atoms with van der Waals surface area (Å²) in [6.07, 6.45) is 11.2. The zero-order valence-corrected chi connectivity index (χ0v) is 22.8. The first-order chi connectivity index (χ1) is 17.8. The third-order valence-electron chi connectivity index (χ3n) is 8.33. The van der Waals surface area contributed by atoms with E-state index >= 15 is 0 Å². The number of ether oxygens (including phenoxy) is 2. The predicted octanol–water partition coefficient (Wildman–Crippen LogP) is 3.63. The van der Waals surface area contributed by atoms with Crippen molar-refractivity contribution in [3.8, 4) is 0 Å². The minimum Gasteiger partial charge on any atom is -0.465 e. The Morgan fingerprint density at radius 1 is 1.16 bits per heavy atom. The zero-order chi connectivity index (χ0) is 27.1. The van der Waals surface area contributed by atoms with E-state index in [2.05, 4.69) is 20.1 Å². The Morgan fingerprint density at radius 2 is 1.92 bits per heavy atom. The van der Waals surface area contributed by atoms with Gasteiger partial charge in [0, 0.05) is 26.2 Å². The monoisotopic (exact) mass is 518 g/mol. The van der Waals surface area contributed by atoms with Crippen LogP contribution in [0.4, 0.5) is 0 Å². The molecule has 0 aliphatic carbocycles. The fourth-order valence-corrected chi connectivity index (χ4v) is 6.56. The standard InChI is InChI=1S/C29H46N2O6/c1-5-8-12-18-30(17-7-3)26(34)24-29-16-15-28(4,37-29)23(27(35)36-21-9-6-2)22(29)25(33)31(24)19-13-10-11-14-20-32/h6-7,22-24,32H,2-3,5,8-21H2,1,4H3/t22-,23-,24?,28+,29?/m0/s1. The highest BCUT2D eigenvalue weighted by Crippen LogP contribution is 2.63. The summed E-state index contributed by atoms with van der Waals surface area (Å²) in [7, 11) is 0. The molecule has 3 fully saturated rings. The van der Waals surface area contributed by atoms with Gasteiger partial charge in [0.05, 0.1) is 18.1 Å². The van der Waals surface area contributed by atoms with Crippen molar-refractivity contribution in [3.05, 3.63) is 25.3 Å². The molecule has 0 saturated carbocycles. The lowest BCUT2D eigenvalue weighted by Gasteiger charge is -2.37. The SMILES string of the molecule is C=CCCOC(=O)[C@@H]1[C@H]2C(=O)N(CCCCCCO)C(C(=O)N(CC=C)CCCCC)C23CC[C@@]1(C)O3. The molecule has 8 nitrogen and oxygen atoms in total. The van der Waals surface area contributed by atoms with Crippen LogP contribution in [-0.4, -0.2) is 82.8 Å². The quantitative estimate of drug-likeness (QED) is 0.179. The summed E-state index contributed by atoms with van der Waals surface area (Å²) in [6, 6.07) is -0.766. The van der Waals surface area contributed by atoms with Crippen LogP contribution in [0, 0.1) is 11.8 Å². The molecule has 5 atom stereocenters. The molecule has 3 heterocycles. The van der Waals surface area contributed by atoms with E-state index in [1.807, 2.05) is 6.92 Å². The van der Waals surface area contributed by atoms with Gasteiger partial charge in [-0.15, -0.1) is 13.2 Å². The second-order valence-corrected chi connectivity index (χ2v) is 10.9. The van der Waals surface area contributed by atoms with Gasteiger partial charge in [-0.2, -0.15) is 0 Å². The minimum atomic E-state index is -1.03. The van der Waals surface area contributed by atoms with E-state index in [1.165, 1.54) is 0 Å². The van der Waals surface area contributed by atoms with Crippen molar-refractivity contribution in [1.82, 2.24) is 9.80 Å². The lowest BCUT2D eigenvalue weighted by atomic mass is 9.66. The summed E-state index contributed by atoms with van der Waals surface area (Å²) in [5.41, 5.74) is -1.86. The topological polar surface area (TPSA) is 96.4 Å². The van der Waals surface area contributed by atoms with Gasteiger partial charge >= 0.3 is 5.97 Å². The van der Waals surface area contributed by atoms with E-state index in [9.17, 15) is 14.4 Å². The molecule has 1 spiro atoms. The third-order valence-corrected chi connectivity index (χ3v) is 8.33. The van der Waals surface area contributed by atoms with Gasteiger partial charge in [-0.25, -0.2) is 0 Å². The third kappa shape index (κ3) is 5.80. The number of carbonyl (C=O) groups excluding carboxylic acids is 3. The molecule has 8 heteroatoms. The number of aliphatic hydroxyl groups excluding tert-OH is 1. The van der Waals surface area contributed by atoms with Gasteiger partial charge in [0.25, 0.3) is 0 Å². The number of likely N-dealkylation sites (tertiary alicyclic amines) is 1. The number of carbonyl (C=O) groups is 3. The zero-order valence-electron chi connectivity index (χ0n) is 22.8. The number of fused-ring (bicyclic) bond motifs is 1. The Balaban J connectivity index is 1.92. The van der Waals surface area contributed by atoms with E-state index < -0.39 is 35.0 Å². The van der Waals surface area contributed by atoms with Crippen LogP contribution in [0.3, 0.4) is 0 Å². The maximum atomic E-state index is 14.2. The Labute approximate surface area is 222 Å². The first-order valence-corrected chi connectivity index (χ1v) is 14.1. The summed E-state index contributed by atoms with van der Waals surface area (Å²) >= 11 is 0. The van der Waals surface area contributed by atoms with Crippen molar-refractivity contribution in [3.63, 3.8) is 0 Å². The number of amides is 2. The van der Waals surface area contributed by atoms with Gasteiger partial charge in [0.2, 0.25) is 11.8 Å². The van der Waals surface area contributed by atoms with Crippen molar-refractivity contribution >= 4 is 17.8 Å². The number of hydrogen-bond acceptors (Lipinski definition) is 6. The van der Waals surface area contributed by atoms with Gasteiger partial charge in [-0.3, -0.25) is 14.4 Å². The number of hydrogen-bond donors (Lipinski definition) is 1. The molecule has 0 aromatic heterocycles. The lowest BCUT2D eigenvalue weighted by Crippen LogP contribution is -2.56. The molecule has 2 unspecified atom stereocenters. The summed E-state index contributed by atoms with van der Waals surface area (Å²) < 4.78 is 12.2. The van der Waals surface area contributed by atoms with Gasteiger partial charge in [-0.05, 0) is 45.4 Å². The Bertz CT molecular complexity index is 846. The van der Waals surface area contributed by atoms with Crippen LogP contribution in [0.5, 0.6) is 0 Å². The number of esters is 1. The average molecular weight is 519 g/mol. The van der Waals surface area contributed by atoms with Crippen LogP contribution < -0.4 is 0 Å². The van der Waals surface area contributed by atoms with Gasteiger partial charge in [0.15, 0.2) is 0 Å². The molecular weight excluding hydrogens is 472 g/mol. The minimum absolute atomic E-state index is 0.118. The summed E-state index contributed by atoms with van der Waals surface area (Å²) in [5, 5.41) is 9.11. The predicted molar refractivity (Wildman–Crippen MR) is 142 cm³/mol. The van der Waals surface area contributed by atoms with Crippen LogP contribution in [-0.2, 0) is 23.9 Å². The molecule has 2 bridgehead atoms. The highest BCUT2D eigenvalue weighted by molar-refractivity contribution is 5.98. The van der Waals surface area contributed by atoms with Crippen LogP contribution in [0.15, 0.2) is 25.3 Å². The fraction of sp³-hybridized carbons (Fsp3) is 0.759. The van der Waals surface area contributed by atoms with Crippen LogP contribution >= 0.6 is 0 Å². The van der Waals surface area contributed by atoms with E-state index in [4.69, 9.17) is 14.6 Å². The molecular formula is C29H46N2O6. The maximum absolute atomic E-state index is 14.2. The molecule has 3 saturated heterocycles. The van der Waals surface area contributed by atoms with Crippen molar-refractivity contribution < 1.29 is 29.0 Å². The van der Waals surface area contributed by atoms with E-state index in [0.717, 1.165) is 38.5 Å². The molecule has 0 aromatic rings. The second-order valence-electron chi connectivity index (χ2n) is 10.9. The Kier molecular flexibility index (Phi) is 10.4. The molecule has 3 aliphatic heterocycles. The summed E-state index contributed by atoms with van der Waals surface area (Å²) in [6.45, 7) is 13.3. The second kappa shape index (κ2) is 13.1. The molecule has 0 radical (unpaired) electrons. The van der Waals surface area contributed by atoms with E-state index in [0.29, 0.717) is 45.3 Å². The van der Waals surface area contributed by atoms with Crippen LogP contribution in [0.25, 0.3) is 0 Å². The maximum Gasteiger partial charge on any atom is 0.312 e. The molecule has 1 N–H and O–H groups in total. The van der Waals surface area contributed by atoms with E-state index in [1.54, 1.807) is 22.0 Å². The van der Waals surface area contributed by atoms with Gasteiger partial charge < -0.3 is 24.4 Å². The van der Waals surface area contributed by atoms with Crippen LogP contribution in [0.2, 0.25) is 0 Å². The summed E-state index contributed by atoms with van der Waals surface area (Å²) in [5.74, 6) is -2.18. The van der Waals surface area contributed by atoms with Crippen molar-refractivity contribution in [2.24, 2.45) is 11.8 Å². The van der Waals surface area contributed by atoms with Gasteiger partial charge in [0.1, 0.15) is 17.6 Å². The largest absolute Gasteiger partial charge is 0.465 e. The van der Waals surface area contributed by atoms with Crippen molar-refractivity contribution in [2.45, 2.75) is 95.3 Å².